The third kappa shape index (κ3) is 4.02. The maximum absolute atomic E-state index is 6.01. The van der Waals surface area contributed by atoms with Gasteiger partial charge in [-0.15, -0.1) is 0 Å². The van der Waals surface area contributed by atoms with Crippen LogP contribution in [0.3, 0.4) is 0 Å². The molecule has 0 atom stereocenters. The van der Waals surface area contributed by atoms with E-state index in [-0.39, 0.29) is 0 Å². The molecule has 0 radical (unpaired) electrons. The van der Waals surface area contributed by atoms with Gasteiger partial charge in [0.25, 0.3) is 0 Å². The van der Waals surface area contributed by atoms with Gasteiger partial charge in [0.15, 0.2) is 5.75 Å². The van der Waals surface area contributed by atoms with Crippen molar-refractivity contribution in [3.05, 3.63) is 28.2 Å². The summed E-state index contributed by atoms with van der Waals surface area (Å²) in [7, 11) is 0. The average molecular weight is 290 g/mol. The van der Waals surface area contributed by atoms with E-state index in [1.165, 1.54) is 0 Å². The molecular formula is C13H17Cl2NO2. The van der Waals surface area contributed by atoms with Crippen molar-refractivity contribution in [2.24, 2.45) is 0 Å². The summed E-state index contributed by atoms with van der Waals surface area (Å²) in [4.78, 5) is 0. The third-order valence-electron chi connectivity index (χ3n) is 2.92. The summed E-state index contributed by atoms with van der Waals surface area (Å²) in [6, 6.07) is 5.88. The van der Waals surface area contributed by atoms with Gasteiger partial charge in [0, 0.05) is 25.8 Å². The molecule has 0 aromatic heterocycles. The van der Waals surface area contributed by atoms with Crippen molar-refractivity contribution >= 4 is 23.2 Å². The Morgan fingerprint density at radius 1 is 1.22 bits per heavy atom. The monoisotopic (exact) mass is 289 g/mol. The van der Waals surface area contributed by atoms with Crippen LogP contribution in [0, 0.1) is 0 Å². The normalized spacial score (nSPS) is 16.8. The van der Waals surface area contributed by atoms with E-state index in [0.717, 1.165) is 32.6 Å². The van der Waals surface area contributed by atoms with Crippen LogP contribution in [0.4, 0.5) is 0 Å². The van der Waals surface area contributed by atoms with E-state index in [9.17, 15) is 0 Å². The number of para-hydroxylation sites is 1. The van der Waals surface area contributed by atoms with E-state index in [1.54, 1.807) is 18.2 Å². The van der Waals surface area contributed by atoms with Crippen LogP contribution in [0.25, 0.3) is 0 Å². The molecule has 1 N–H and O–H groups in total. The fourth-order valence-electron chi connectivity index (χ4n) is 1.94. The van der Waals surface area contributed by atoms with E-state index in [2.05, 4.69) is 5.32 Å². The summed E-state index contributed by atoms with van der Waals surface area (Å²) >= 11 is 12.0. The second-order valence-corrected chi connectivity index (χ2v) is 5.05. The maximum Gasteiger partial charge on any atom is 0.156 e. The van der Waals surface area contributed by atoms with Crippen molar-refractivity contribution in [2.45, 2.75) is 18.9 Å². The number of nitrogens with one attached hydrogen (secondary N) is 1. The Hall–Kier alpha value is -0.480. The lowest BCUT2D eigenvalue weighted by Crippen LogP contribution is -2.37. The summed E-state index contributed by atoms with van der Waals surface area (Å²) in [5.74, 6) is 0.564. The SMILES string of the molecule is Clc1cccc(Cl)c1OCCNC1CCOCC1. The molecule has 5 heteroatoms. The molecule has 1 heterocycles. The average Bonchev–Trinajstić information content (AvgIpc) is 2.38. The molecule has 1 aromatic rings. The lowest BCUT2D eigenvalue weighted by molar-refractivity contribution is 0.0770. The smallest absolute Gasteiger partial charge is 0.156 e. The van der Waals surface area contributed by atoms with Gasteiger partial charge in [0.05, 0.1) is 10.0 Å². The predicted molar refractivity (Wildman–Crippen MR) is 73.8 cm³/mol. The highest BCUT2D eigenvalue weighted by Gasteiger charge is 2.12. The summed E-state index contributed by atoms with van der Waals surface area (Å²) in [6.45, 7) is 3.02. The zero-order chi connectivity index (χ0) is 12.8. The molecule has 3 nitrogen and oxygen atoms in total. The minimum Gasteiger partial charge on any atom is -0.489 e. The number of hydrogen-bond donors (Lipinski definition) is 1. The molecule has 1 fully saturated rings. The van der Waals surface area contributed by atoms with Gasteiger partial charge in [0.2, 0.25) is 0 Å². The first-order valence-corrected chi connectivity index (χ1v) is 6.91. The first-order valence-electron chi connectivity index (χ1n) is 6.15. The van der Waals surface area contributed by atoms with Gasteiger partial charge in [0.1, 0.15) is 6.61 Å². The largest absolute Gasteiger partial charge is 0.489 e. The standard InChI is InChI=1S/C13H17Cl2NO2/c14-11-2-1-3-12(15)13(11)18-9-6-16-10-4-7-17-8-5-10/h1-3,10,16H,4-9H2. The lowest BCUT2D eigenvalue weighted by Gasteiger charge is -2.23. The van der Waals surface area contributed by atoms with Crippen LogP contribution < -0.4 is 10.1 Å². The zero-order valence-electron chi connectivity index (χ0n) is 10.1. The van der Waals surface area contributed by atoms with Crippen LogP contribution in [-0.2, 0) is 4.74 Å². The zero-order valence-corrected chi connectivity index (χ0v) is 11.6. The van der Waals surface area contributed by atoms with Crippen molar-refractivity contribution in [3.8, 4) is 5.75 Å². The molecule has 0 saturated carbocycles. The van der Waals surface area contributed by atoms with Gasteiger partial charge < -0.3 is 14.8 Å². The van der Waals surface area contributed by atoms with E-state index in [0.29, 0.717) is 28.4 Å². The van der Waals surface area contributed by atoms with Crippen LogP contribution >= 0.6 is 23.2 Å². The van der Waals surface area contributed by atoms with Gasteiger partial charge in [-0.25, -0.2) is 0 Å². The van der Waals surface area contributed by atoms with Gasteiger partial charge >= 0.3 is 0 Å². The number of halogens is 2. The Morgan fingerprint density at radius 3 is 2.56 bits per heavy atom. The molecule has 1 aliphatic heterocycles. The van der Waals surface area contributed by atoms with E-state index in [1.807, 2.05) is 0 Å². The van der Waals surface area contributed by atoms with Crippen LogP contribution in [0.15, 0.2) is 18.2 Å². The third-order valence-corrected chi connectivity index (χ3v) is 3.52. The summed E-state index contributed by atoms with van der Waals surface area (Å²) in [5, 5.41) is 4.54. The van der Waals surface area contributed by atoms with Crippen LogP contribution in [0.2, 0.25) is 10.0 Å². The van der Waals surface area contributed by atoms with Crippen LogP contribution in [0.5, 0.6) is 5.75 Å². The van der Waals surface area contributed by atoms with Crippen molar-refractivity contribution in [3.63, 3.8) is 0 Å². The Kier molecular flexibility index (Phi) is 5.57. The molecule has 0 spiro atoms. The highest BCUT2D eigenvalue weighted by Crippen LogP contribution is 2.32. The number of benzene rings is 1. The van der Waals surface area contributed by atoms with Crippen molar-refractivity contribution in [1.82, 2.24) is 5.32 Å². The molecule has 0 amide bonds. The van der Waals surface area contributed by atoms with E-state index < -0.39 is 0 Å². The first-order chi connectivity index (χ1) is 8.77. The summed E-state index contributed by atoms with van der Waals surface area (Å²) in [5.41, 5.74) is 0. The minimum atomic E-state index is 0.532. The molecule has 1 saturated heterocycles. The molecule has 100 valence electrons. The van der Waals surface area contributed by atoms with Crippen molar-refractivity contribution < 1.29 is 9.47 Å². The van der Waals surface area contributed by atoms with Gasteiger partial charge in [-0.1, -0.05) is 29.3 Å². The lowest BCUT2D eigenvalue weighted by atomic mass is 10.1. The maximum atomic E-state index is 6.01. The van der Waals surface area contributed by atoms with Gasteiger partial charge in [-0.3, -0.25) is 0 Å². The van der Waals surface area contributed by atoms with Crippen molar-refractivity contribution in [1.29, 1.82) is 0 Å². The fourth-order valence-corrected chi connectivity index (χ4v) is 2.44. The van der Waals surface area contributed by atoms with E-state index >= 15 is 0 Å². The van der Waals surface area contributed by atoms with Gasteiger partial charge in [-0.05, 0) is 25.0 Å². The predicted octanol–water partition coefficient (Wildman–Crippen LogP) is 3.14. The quantitative estimate of drug-likeness (QED) is 0.845. The van der Waals surface area contributed by atoms with Crippen LogP contribution in [-0.4, -0.2) is 32.4 Å². The molecular weight excluding hydrogens is 273 g/mol. The second-order valence-electron chi connectivity index (χ2n) is 4.24. The van der Waals surface area contributed by atoms with Crippen molar-refractivity contribution in [2.75, 3.05) is 26.4 Å². The summed E-state index contributed by atoms with van der Waals surface area (Å²) < 4.78 is 10.9. The molecule has 1 aliphatic rings. The summed E-state index contributed by atoms with van der Waals surface area (Å²) in [6.07, 6.45) is 2.12. The molecule has 1 aromatic carbocycles. The number of rotatable bonds is 5. The molecule has 2 rings (SSSR count). The molecule has 18 heavy (non-hydrogen) atoms. The topological polar surface area (TPSA) is 30.5 Å². The molecule has 0 aliphatic carbocycles. The Labute approximate surface area is 117 Å². The van der Waals surface area contributed by atoms with Crippen LogP contribution in [0.1, 0.15) is 12.8 Å². The molecule has 0 bridgehead atoms. The number of ether oxygens (including phenoxy) is 2. The first kappa shape index (κ1) is 13.9. The highest BCUT2D eigenvalue weighted by atomic mass is 35.5. The number of hydrogen-bond acceptors (Lipinski definition) is 3. The van der Waals surface area contributed by atoms with E-state index in [4.69, 9.17) is 32.7 Å². The fraction of sp³-hybridized carbons (Fsp3) is 0.538. The van der Waals surface area contributed by atoms with Gasteiger partial charge in [-0.2, -0.15) is 0 Å². The Morgan fingerprint density at radius 2 is 1.89 bits per heavy atom. The Bertz CT molecular complexity index is 361. The minimum absolute atomic E-state index is 0.532. The molecule has 0 unspecified atom stereocenters. The Balaban J connectivity index is 1.71. The second kappa shape index (κ2) is 7.19. The highest BCUT2D eigenvalue weighted by molar-refractivity contribution is 6.37.